The quantitative estimate of drug-likeness (QED) is 0.416. The molecule has 0 saturated heterocycles. The van der Waals surface area contributed by atoms with Crippen LogP contribution in [0.4, 0.5) is 5.69 Å². The molecule has 7 heteroatoms. The molecule has 1 unspecified atom stereocenters. The van der Waals surface area contributed by atoms with Crippen LogP contribution in [0.5, 0.6) is 11.5 Å². The summed E-state index contributed by atoms with van der Waals surface area (Å²) in [5.41, 5.74) is 1.16. The van der Waals surface area contributed by atoms with Gasteiger partial charge in [0, 0.05) is 6.04 Å². The summed E-state index contributed by atoms with van der Waals surface area (Å²) in [6.07, 6.45) is 5.49. The zero-order chi connectivity index (χ0) is 24.6. The van der Waals surface area contributed by atoms with E-state index in [2.05, 4.69) is 5.32 Å². The topological polar surface area (TPSA) is 81.0 Å². The second-order valence-electron chi connectivity index (χ2n) is 8.45. The molecular formula is C28H32N2O5. The van der Waals surface area contributed by atoms with E-state index < -0.39 is 11.9 Å². The van der Waals surface area contributed by atoms with E-state index in [1.807, 2.05) is 50.2 Å². The number of para-hydroxylation sites is 2. The molecule has 1 aliphatic rings. The molecule has 184 valence electrons. The highest BCUT2D eigenvalue weighted by molar-refractivity contribution is 6.09. The summed E-state index contributed by atoms with van der Waals surface area (Å²) >= 11 is 0. The number of nitrogens with zero attached hydrogens (tertiary/aromatic N) is 1. The van der Waals surface area contributed by atoms with Gasteiger partial charge in [-0.05, 0) is 68.7 Å². The smallest absolute Gasteiger partial charge is 0.295 e. The van der Waals surface area contributed by atoms with Crippen molar-refractivity contribution in [3.8, 4) is 11.5 Å². The molecule has 0 aliphatic heterocycles. The molecule has 1 saturated carbocycles. The lowest BCUT2D eigenvalue weighted by molar-refractivity contribution is -0.123. The Morgan fingerprint density at radius 1 is 0.971 bits per heavy atom. The molecule has 1 heterocycles. The number of ether oxygens (including phenoxy) is 2. The number of rotatable bonds is 10. The molecule has 1 atom stereocenters. The molecule has 1 aliphatic carbocycles. The lowest BCUT2D eigenvalue weighted by Crippen LogP contribution is -2.46. The maximum absolute atomic E-state index is 13.9. The molecule has 3 aromatic rings. The lowest BCUT2D eigenvalue weighted by Gasteiger charge is -2.32. The Morgan fingerprint density at radius 3 is 2.34 bits per heavy atom. The van der Waals surface area contributed by atoms with E-state index in [-0.39, 0.29) is 17.7 Å². The fourth-order valence-electron chi connectivity index (χ4n) is 4.50. The second-order valence-corrected chi connectivity index (χ2v) is 8.45. The van der Waals surface area contributed by atoms with Crippen molar-refractivity contribution < 1.29 is 23.5 Å². The summed E-state index contributed by atoms with van der Waals surface area (Å²) in [4.78, 5) is 29.2. The van der Waals surface area contributed by atoms with Crippen molar-refractivity contribution in [1.29, 1.82) is 0 Å². The minimum absolute atomic E-state index is 0.0930. The van der Waals surface area contributed by atoms with Gasteiger partial charge in [-0.25, -0.2) is 0 Å². The van der Waals surface area contributed by atoms with Crippen LogP contribution in [0.2, 0.25) is 0 Å². The minimum Gasteiger partial charge on any atom is -0.494 e. The van der Waals surface area contributed by atoms with Gasteiger partial charge in [-0.15, -0.1) is 0 Å². The average molecular weight is 477 g/mol. The van der Waals surface area contributed by atoms with Gasteiger partial charge >= 0.3 is 0 Å². The van der Waals surface area contributed by atoms with E-state index in [1.54, 1.807) is 24.3 Å². The predicted molar refractivity (Wildman–Crippen MR) is 134 cm³/mol. The van der Waals surface area contributed by atoms with E-state index >= 15 is 0 Å². The van der Waals surface area contributed by atoms with Gasteiger partial charge in [-0.1, -0.05) is 37.1 Å². The normalized spacial score (nSPS) is 14.3. The molecule has 35 heavy (non-hydrogen) atoms. The largest absolute Gasteiger partial charge is 0.494 e. The number of nitrogens with one attached hydrogen (secondary N) is 1. The molecule has 1 aromatic heterocycles. The van der Waals surface area contributed by atoms with Crippen molar-refractivity contribution in [2.75, 3.05) is 18.1 Å². The summed E-state index contributed by atoms with van der Waals surface area (Å²) < 4.78 is 16.9. The first-order chi connectivity index (χ1) is 17.1. The third kappa shape index (κ3) is 5.67. The number of benzene rings is 2. The monoisotopic (exact) mass is 476 g/mol. The van der Waals surface area contributed by atoms with Crippen LogP contribution in [0.15, 0.2) is 71.3 Å². The summed E-state index contributed by atoms with van der Waals surface area (Å²) in [6.45, 7) is 4.75. The Balaban J connectivity index is 1.82. The van der Waals surface area contributed by atoms with E-state index in [0.29, 0.717) is 36.0 Å². The Bertz CT molecular complexity index is 1100. The van der Waals surface area contributed by atoms with Gasteiger partial charge in [-0.3, -0.25) is 14.5 Å². The Kier molecular flexibility index (Phi) is 8.08. The molecule has 7 nitrogen and oxygen atoms in total. The van der Waals surface area contributed by atoms with Crippen LogP contribution in [0.25, 0.3) is 0 Å². The highest BCUT2D eigenvalue weighted by Crippen LogP contribution is 2.37. The van der Waals surface area contributed by atoms with Crippen molar-refractivity contribution in [2.45, 2.75) is 51.6 Å². The Morgan fingerprint density at radius 2 is 1.69 bits per heavy atom. The van der Waals surface area contributed by atoms with E-state index in [0.717, 1.165) is 25.7 Å². The van der Waals surface area contributed by atoms with Gasteiger partial charge < -0.3 is 19.2 Å². The fourth-order valence-corrected chi connectivity index (χ4v) is 4.50. The van der Waals surface area contributed by atoms with E-state index in [9.17, 15) is 9.59 Å². The molecule has 2 amide bonds. The van der Waals surface area contributed by atoms with Crippen molar-refractivity contribution in [3.05, 3.63) is 78.3 Å². The summed E-state index contributed by atoms with van der Waals surface area (Å²) in [6, 6.07) is 17.0. The highest BCUT2D eigenvalue weighted by atomic mass is 16.5. The van der Waals surface area contributed by atoms with Crippen LogP contribution in [0.1, 0.15) is 61.7 Å². The first-order valence-electron chi connectivity index (χ1n) is 12.2. The predicted octanol–water partition coefficient (Wildman–Crippen LogP) is 5.52. The highest BCUT2D eigenvalue weighted by Gasteiger charge is 2.37. The fraction of sp³-hybridized carbons (Fsp3) is 0.357. The maximum Gasteiger partial charge on any atom is 0.295 e. The number of carbonyl (C=O) groups excluding carboxylic acids is 2. The number of anilines is 1. The summed E-state index contributed by atoms with van der Waals surface area (Å²) in [5.74, 6) is 0.681. The van der Waals surface area contributed by atoms with Crippen molar-refractivity contribution >= 4 is 17.5 Å². The van der Waals surface area contributed by atoms with Crippen molar-refractivity contribution in [1.82, 2.24) is 5.32 Å². The third-order valence-electron chi connectivity index (χ3n) is 6.09. The van der Waals surface area contributed by atoms with Crippen molar-refractivity contribution in [3.63, 3.8) is 0 Å². The third-order valence-corrected chi connectivity index (χ3v) is 6.09. The molecule has 0 bridgehead atoms. The summed E-state index contributed by atoms with van der Waals surface area (Å²) in [7, 11) is 0. The standard InChI is InChI=1S/C28H32N2O5/c1-3-33-22-17-15-20(16-18-22)26(27(31)29-21-10-5-6-11-21)30(28(32)25-14-9-19-35-25)23-12-7-8-13-24(23)34-4-2/h7-9,12-19,21,26H,3-6,10-11H2,1-2H3,(H,29,31). The minimum atomic E-state index is -0.939. The number of hydrogen-bond donors (Lipinski definition) is 1. The number of furan rings is 1. The number of hydrogen-bond acceptors (Lipinski definition) is 5. The molecule has 4 rings (SSSR count). The molecular weight excluding hydrogens is 444 g/mol. The molecule has 1 N–H and O–H groups in total. The molecule has 2 aromatic carbocycles. The SMILES string of the molecule is CCOc1ccc(C(C(=O)NC2CCCC2)N(C(=O)c2ccco2)c2ccccc2OCC)cc1. The van der Waals surface area contributed by atoms with Crippen LogP contribution in [0, 0.1) is 0 Å². The van der Waals surface area contributed by atoms with Gasteiger partial charge in [0.25, 0.3) is 5.91 Å². The van der Waals surface area contributed by atoms with Crippen LogP contribution < -0.4 is 19.7 Å². The lowest BCUT2D eigenvalue weighted by atomic mass is 10.0. The van der Waals surface area contributed by atoms with Crippen LogP contribution >= 0.6 is 0 Å². The van der Waals surface area contributed by atoms with Crippen LogP contribution in [-0.2, 0) is 4.79 Å². The van der Waals surface area contributed by atoms with Crippen molar-refractivity contribution in [2.24, 2.45) is 0 Å². The zero-order valence-electron chi connectivity index (χ0n) is 20.2. The van der Waals surface area contributed by atoms with E-state index in [1.165, 1.54) is 11.2 Å². The second kappa shape index (κ2) is 11.6. The molecule has 0 spiro atoms. The van der Waals surface area contributed by atoms with Gasteiger partial charge in [0.1, 0.15) is 17.5 Å². The molecule has 0 radical (unpaired) electrons. The number of carbonyl (C=O) groups is 2. The van der Waals surface area contributed by atoms with Gasteiger partial charge in [0.05, 0.1) is 25.2 Å². The molecule has 1 fully saturated rings. The first kappa shape index (κ1) is 24.4. The number of amides is 2. The summed E-state index contributed by atoms with van der Waals surface area (Å²) in [5, 5.41) is 3.18. The van der Waals surface area contributed by atoms with Crippen LogP contribution in [-0.4, -0.2) is 31.1 Å². The Hall–Kier alpha value is -3.74. The van der Waals surface area contributed by atoms with Crippen LogP contribution in [0.3, 0.4) is 0 Å². The zero-order valence-corrected chi connectivity index (χ0v) is 20.2. The first-order valence-corrected chi connectivity index (χ1v) is 12.2. The van der Waals surface area contributed by atoms with E-state index in [4.69, 9.17) is 13.9 Å². The van der Waals surface area contributed by atoms with Gasteiger partial charge in [0.15, 0.2) is 5.76 Å². The maximum atomic E-state index is 13.9. The Labute approximate surface area is 206 Å². The average Bonchev–Trinajstić information content (AvgIpc) is 3.59. The van der Waals surface area contributed by atoms with Gasteiger partial charge in [0.2, 0.25) is 5.91 Å². The van der Waals surface area contributed by atoms with Gasteiger partial charge in [-0.2, -0.15) is 0 Å².